The third kappa shape index (κ3) is 3.30. The number of rotatable bonds is 4. The third-order valence-electron chi connectivity index (χ3n) is 2.65. The van der Waals surface area contributed by atoms with Crippen LogP contribution in [0.15, 0.2) is 0 Å². The van der Waals surface area contributed by atoms with E-state index in [4.69, 9.17) is 4.74 Å². The molecule has 1 fully saturated rings. The monoisotopic (exact) mass is 213 g/mol. The summed E-state index contributed by atoms with van der Waals surface area (Å²) in [5.41, 5.74) is 0. The lowest BCUT2D eigenvalue weighted by Gasteiger charge is -2.31. The van der Waals surface area contributed by atoms with E-state index >= 15 is 0 Å². The molecule has 1 aliphatic rings. The molecule has 0 spiro atoms. The van der Waals surface area contributed by atoms with Gasteiger partial charge in [0.15, 0.2) is 11.8 Å². The predicted octanol–water partition coefficient (Wildman–Crippen LogP) is 0.993. The van der Waals surface area contributed by atoms with E-state index in [-0.39, 0.29) is 5.78 Å². The number of likely N-dealkylation sites (tertiary alicyclic amines) is 1. The summed E-state index contributed by atoms with van der Waals surface area (Å²) in [4.78, 5) is 25.0. The van der Waals surface area contributed by atoms with Crippen LogP contribution in [0.1, 0.15) is 33.1 Å². The van der Waals surface area contributed by atoms with Gasteiger partial charge in [0.1, 0.15) is 0 Å². The van der Waals surface area contributed by atoms with E-state index in [2.05, 4.69) is 0 Å². The van der Waals surface area contributed by atoms with Gasteiger partial charge in [-0.05, 0) is 39.8 Å². The van der Waals surface area contributed by atoms with Crippen molar-refractivity contribution in [3.05, 3.63) is 0 Å². The number of ether oxygens (including phenoxy) is 1. The summed E-state index contributed by atoms with van der Waals surface area (Å²) >= 11 is 0. The summed E-state index contributed by atoms with van der Waals surface area (Å²) in [6.45, 7) is 5.18. The Morgan fingerprint density at radius 3 is 2.33 bits per heavy atom. The fraction of sp³-hybridized carbons (Fsp3) is 0.818. The number of ketones is 1. The molecule has 15 heavy (non-hydrogen) atoms. The van der Waals surface area contributed by atoms with Gasteiger partial charge in [0.2, 0.25) is 0 Å². The van der Waals surface area contributed by atoms with Crippen molar-refractivity contribution in [2.45, 2.75) is 39.2 Å². The van der Waals surface area contributed by atoms with Crippen molar-refractivity contribution in [1.82, 2.24) is 4.90 Å². The Kier molecular flexibility index (Phi) is 4.75. The lowest BCUT2D eigenvalue weighted by molar-refractivity contribution is -0.153. The fourth-order valence-electron chi connectivity index (χ4n) is 1.97. The molecule has 1 atom stereocenters. The lowest BCUT2D eigenvalue weighted by atomic mass is 10.1. The van der Waals surface area contributed by atoms with Gasteiger partial charge in [0.25, 0.3) is 0 Å². The van der Waals surface area contributed by atoms with Crippen molar-refractivity contribution >= 4 is 11.8 Å². The van der Waals surface area contributed by atoms with Crippen LogP contribution in [0.2, 0.25) is 0 Å². The minimum absolute atomic E-state index is 0.115. The second-order valence-corrected chi connectivity index (χ2v) is 3.86. The molecule has 4 heteroatoms. The van der Waals surface area contributed by atoms with Crippen LogP contribution >= 0.6 is 0 Å². The Labute approximate surface area is 90.6 Å². The number of carbonyl (C=O) groups is 2. The predicted molar refractivity (Wildman–Crippen MR) is 56.5 cm³/mol. The second kappa shape index (κ2) is 5.85. The number of hydrogen-bond donors (Lipinski definition) is 0. The largest absolute Gasteiger partial charge is 0.464 e. The van der Waals surface area contributed by atoms with E-state index < -0.39 is 12.0 Å². The number of Topliss-reactive ketones (excluding diaryl/α,β-unsaturated/α-hetero) is 1. The first-order valence-electron chi connectivity index (χ1n) is 5.58. The molecule has 4 nitrogen and oxygen atoms in total. The Bertz CT molecular complexity index is 234. The van der Waals surface area contributed by atoms with Crippen LogP contribution in [0, 0.1) is 0 Å². The molecule has 0 aromatic carbocycles. The maximum Gasteiger partial charge on any atom is 0.331 e. The van der Waals surface area contributed by atoms with Crippen LogP contribution in [0.3, 0.4) is 0 Å². The molecular weight excluding hydrogens is 194 g/mol. The quantitative estimate of drug-likeness (QED) is 0.516. The zero-order valence-electron chi connectivity index (χ0n) is 9.49. The highest BCUT2D eigenvalue weighted by molar-refractivity contribution is 6.01. The molecule has 1 saturated heterocycles. The lowest BCUT2D eigenvalue weighted by Crippen LogP contribution is -2.48. The van der Waals surface area contributed by atoms with Gasteiger partial charge in [-0.3, -0.25) is 9.69 Å². The van der Waals surface area contributed by atoms with Gasteiger partial charge in [-0.1, -0.05) is 6.42 Å². The van der Waals surface area contributed by atoms with E-state index in [1.54, 1.807) is 6.92 Å². The number of nitrogens with zero attached hydrogens (tertiary/aromatic N) is 1. The first-order chi connectivity index (χ1) is 7.16. The molecular formula is C11H19NO3. The van der Waals surface area contributed by atoms with Crippen molar-refractivity contribution in [3.63, 3.8) is 0 Å². The van der Waals surface area contributed by atoms with Crippen molar-refractivity contribution in [1.29, 1.82) is 0 Å². The zero-order valence-corrected chi connectivity index (χ0v) is 9.49. The standard InChI is InChI=1S/C11H19NO3/c1-3-15-11(14)10(9(2)13)12-7-5-4-6-8-12/h10H,3-8H2,1-2H3. The van der Waals surface area contributed by atoms with Gasteiger partial charge in [0.05, 0.1) is 6.61 Å². The van der Waals surface area contributed by atoms with E-state index in [1.807, 2.05) is 4.90 Å². The van der Waals surface area contributed by atoms with Gasteiger partial charge in [-0.25, -0.2) is 4.79 Å². The Hall–Kier alpha value is -0.900. The maximum atomic E-state index is 11.6. The van der Waals surface area contributed by atoms with E-state index in [9.17, 15) is 9.59 Å². The van der Waals surface area contributed by atoms with Gasteiger partial charge >= 0.3 is 5.97 Å². The maximum absolute atomic E-state index is 11.6. The Morgan fingerprint density at radius 1 is 1.27 bits per heavy atom. The summed E-state index contributed by atoms with van der Waals surface area (Å²) in [6.07, 6.45) is 3.30. The highest BCUT2D eigenvalue weighted by Gasteiger charge is 2.31. The highest BCUT2D eigenvalue weighted by Crippen LogP contribution is 2.13. The zero-order chi connectivity index (χ0) is 11.3. The Morgan fingerprint density at radius 2 is 1.87 bits per heavy atom. The van der Waals surface area contributed by atoms with Crippen molar-refractivity contribution in [3.8, 4) is 0 Å². The molecule has 1 rings (SSSR count). The first-order valence-corrected chi connectivity index (χ1v) is 5.58. The van der Waals surface area contributed by atoms with E-state index in [0.29, 0.717) is 6.61 Å². The number of esters is 1. The fourth-order valence-corrected chi connectivity index (χ4v) is 1.97. The smallest absolute Gasteiger partial charge is 0.331 e. The first kappa shape index (κ1) is 12.2. The number of piperidine rings is 1. The average molecular weight is 213 g/mol. The number of hydrogen-bond acceptors (Lipinski definition) is 4. The van der Waals surface area contributed by atoms with Gasteiger partial charge < -0.3 is 4.74 Å². The molecule has 0 aliphatic carbocycles. The van der Waals surface area contributed by atoms with Gasteiger partial charge in [0, 0.05) is 0 Å². The van der Waals surface area contributed by atoms with Crippen molar-refractivity contribution < 1.29 is 14.3 Å². The minimum Gasteiger partial charge on any atom is -0.464 e. The topological polar surface area (TPSA) is 46.6 Å². The van der Waals surface area contributed by atoms with Crippen molar-refractivity contribution in [2.24, 2.45) is 0 Å². The van der Waals surface area contributed by atoms with Crippen LogP contribution in [0.4, 0.5) is 0 Å². The molecule has 0 radical (unpaired) electrons. The van der Waals surface area contributed by atoms with Crippen LogP contribution in [0.25, 0.3) is 0 Å². The average Bonchev–Trinajstić information content (AvgIpc) is 2.19. The summed E-state index contributed by atoms with van der Waals surface area (Å²) in [5.74, 6) is -0.512. The Balaban J connectivity index is 2.63. The molecule has 86 valence electrons. The van der Waals surface area contributed by atoms with Crippen LogP contribution in [-0.4, -0.2) is 42.4 Å². The van der Waals surface area contributed by atoms with E-state index in [0.717, 1.165) is 25.9 Å². The summed E-state index contributed by atoms with van der Waals surface area (Å²) in [7, 11) is 0. The second-order valence-electron chi connectivity index (χ2n) is 3.86. The molecule has 1 aliphatic heterocycles. The van der Waals surface area contributed by atoms with Crippen LogP contribution in [0.5, 0.6) is 0 Å². The van der Waals surface area contributed by atoms with E-state index in [1.165, 1.54) is 13.3 Å². The molecule has 0 aromatic heterocycles. The molecule has 0 amide bonds. The van der Waals surface area contributed by atoms with Crippen LogP contribution in [-0.2, 0) is 14.3 Å². The molecule has 1 heterocycles. The normalized spacial score (nSPS) is 19.6. The molecule has 0 aromatic rings. The third-order valence-corrected chi connectivity index (χ3v) is 2.65. The molecule has 1 unspecified atom stereocenters. The summed E-state index contributed by atoms with van der Waals surface area (Å²) in [6, 6.07) is -0.676. The summed E-state index contributed by atoms with van der Waals surface area (Å²) in [5, 5.41) is 0. The van der Waals surface area contributed by atoms with Gasteiger partial charge in [-0.15, -0.1) is 0 Å². The van der Waals surface area contributed by atoms with Crippen LogP contribution < -0.4 is 0 Å². The SMILES string of the molecule is CCOC(=O)C(C(C)=O)N1CCCCC1. The minimum atomic E-state index is -0.676. The summed E-state index contributed by atoms with van der Waals surface area (Å²) < 4.78 is 4.92. The van der Waals surface area contributed by atoms with Crippen molar-refractivity contribution in [2.75, 3.05) is 19.7 Å². The number of carbonyl (C=O) groups excluding carboxylic acids is 2. The molecule has 0 N–H and O–H groups in total. The molecule has 0 bridgehead atoms. The van der Waals surface area contributed by atoms with Gasteiger partial charge in [-0.2, -0.15) is 0 Å². The molecule has 0 saturated carbocycles. The highest BCUT2D eigenvalue weighted by atomic mass is 16.5.